The maximum Gasteiger partial charge on any atom is 0.303 e. The number of carbonyl (C=O) groups is 1. The average Bonchev–Trinajstić information content (AvgIpc) is 2.83. The first-order valence-electron chi connectivity index (χ1n) is 6.17. The molecule has 0 aliphatic carbocycles. The second-order valence-corrected chi connectivity index (χ2v) is 4.20. The Morgan fingerprint density at radius 3 is 2.95 bits per heavy atom. The summed E-state index contributed by atoms with van der Waals surface area (Å²) in [4.78, 5) is 18.8. The van der Waals surface area contributed by atoms with Gasteiger partial charge in [0.25, 0.3) is 0 Å². The van der Waals surface area contributed by atoms with Crippen LogP contribution in [0.5, 0.6) is 0 Å². The predicted octanol–water partition coefficient (Wildman–Crippen LogP) is 1.85. The zero-order valence-corrected chi connectivity index (χ0v) is 10.5. The molecule has 0 saturated heterocycles. The molecule has 0 saturated carbocycles. The molecule has 0 fully saturated rings. The van der Waals surface area contributed by atoms with E-state index in [1.54, 1.807) is 6.20 Å². The number of hydrogen-bond donors (Lipinski definition) is 1. The van der Waals surface area contributed by atoms with Gasteiger partial charge in [0.1, 0.15) is 0 Å². The van der Waals surface area contributed by atoms with Crippen LogP contribution in [-0.4, -0.2) is 26.2 Å². The number of nitrogens with zero attached hydrogens (tertiary/aromatic N) is 3. The highest BCUT2D eigenvalue weighted by Crippen LogP contribution is 2.07. The Kier molecular flexibility index (Phi) is 4.60. The summed E-state index contributed by atoms with van der Waals surface area (Å²) in [5.41, 5.74) is 0.890. The Morgan fingerprint density at radius 1 is 1.32 bits per heavy atom. The number of carboxylic acids is 1. The first-order chi connectivity index (χ1) is 9.24. The van der Waals surface area contributed by atoms with Crippen molar-refractivity contribution in [2.24, 2.45) is 0 Å². The van der Waals surface area contributed by atoms with Crippen molar-refractivity contribution in [1.82, 2.24) is 15.1 Å². The summed E-state index contributed by atoms with van der Waals surface area (Å²) in [5.74, 6) is 0.379. The fraction of sp³-hybridized carbons (Fsp3) is 0.385. The van der Waals surface area contributed by atoms with Crippen LogP contribution in [0.2, 0.25) is 0 Å². The summed E-state index contributed by atoms with van der Waals surface area (Å²) in [7, 11) is 0. The molecule has 0 spiro atoms. The van der Waals surface area contributed by atoms with Crippen molar-refractivity contribution in [1.29, 1.82) is 0 Å². The minimum Gasteiger partial charge on any atom is -0.481 e. The van der Waals surface area contributed by atoms with Crippen molar-refractivity contribution >= 4 is 5.97 Å². The van der Waals surface area contributed by atoms with Crippen LogP contribution >= 0.6 is 0 Å². The van der Waals surface area contributed by atoms with Gasteiger partial charge in [0.15, 0.2) is 5.82 Å². The Labute approximate surface area is 110 Å². The molecule has 0 amide bonds. The van der Waals surface area contributed by atoms with Gasteiger partial charge in [-0.3, -0.25) is 9.78 Å². The Balaban J connectivity index is 1.80. The summed E-state index contributed by atoms with van der Waals surface area (Å²) in [6.45, 7) is 0. The molecule has 2 aromatic rings. The van der Waals surface area contributed by atoms with Gasteiger partial charge < -0.3 is 9.63 Å². The second-order valence-electron chi connectivity index (χ2n) is 4.20. The summed E-state index contributed by atoms with van der Waals surface area (Å²) >= 11 is 0. The van der Waals surface area contributed by atoms with Gasteiger partial charge in [-0.05, 0) is 25.0 Å². The Bertz CT molecular complexity index is 525. The topological polar surface area (TPSA) is 89.1 Å². The number of unbranched alkanes of at least 4 members (excludes halogenated alkanes) is 1. The molecule has 2 heterocycles. The summed E-state index contributed by atoms with van der Waals surface area (Å²) < 4.78 is 5.11. The highest BCUT2D eigenvalue weighted by molar-refractivity contribution is 5.66. The van der Waals surface area contributed by atoms with Crippen molar-refractivity contribution in [3.05, 3.63) is 41.8 Å². The molecule has 2 aromatic heterocycles. The molecule has 0 atom stereocenters. The molecule has 0 bridgehead atoms. The molecule has 6 heteroatoms. The summed E-state index contributed by atoms with van der Waals surface area (Å²) in [6, 6.07) is 5.67. The second kappa shape index (κ2) is 6.63. The van der Waals surface area contributed by atoms with E-state index in [0.717, 1.165) is 12.1 Å². The van der Waals surface area contributed by atoms with Crippen molar-refractivity contribution in [2.75, 3.05) is 0 Å². The van der Waals surface area contributed by atoms with E-state index in [1.807, 2.05) is 18.2 Å². The highest BCUT2D eigenvalue weighted by atomic mass is 16.5. The minimum absolute atomic E-state index is 0.176. The van der Waals surface area contributed by atoms with E-state index in [-0.39, 0.29) is 6.42 Å². The van der Waals surface area contributed by atoms with Gasteiger partial charge in [-0.1, -0.05) is 11.2 Å². The van der Waals surface area contributed by atoms with Gasteiger partial charge in [-0.2, -0.15) is 4.98 Å². The van der Waals surface area contributed by atoms with Crippen molar-refractivity contribution in [2.45, 2.75) is 32.1 Å². The van der Waals surface area contributed by atoms with E-state index < -0.39 is 5.97 Å². The average molecular weight is 261 g/mol. The van der Waals surface area contributed by atoms with E-state index in [9.17, 15) is 4.79 Å². The van der Waals surface area contributed by atoms with E-state index in [2.05, 4.69) is 15.1 Å². The number of rotatable bonds is 7. The van der Waals surface area contributed by atoms with Crippen LogP contribution in [0, 0.1) is 0 Å². The largest absolute Gasteiger partial charge is 0.481 e. The Morgan fingerprint density at radius 2 is 2.21 bits per heavy atom. The van der Waals surface area contributed by atoms with Gasteiger partial charge in [0.2, 0.25) is 5.89 Å². The standard InChI is InChI=1S/C13H15N3O3/c17-13(18)7-2-1-6-12-15-11(16-19-12)9-10-5-3-4-8-14-10/h3-5,8H,1-2,6-7,9H2,(H,17,18). The van der Waals surface area contributed by atoms with E-state index in [1.165, 1.54) is 0 Å². The molecule has 1 N–H and O–H groups in total. The maximum absolute atomic E-state index is 10.4. The number of hydrogen-bond acceptors (Lipinski definition) is 5. The van der Waals surface area contributed by atoms with Gasteiger partial charge >= 0.3 is 5.97 Å². The molecule has 19 heavy (non-hydrogen) atoms. The first-order valence-corrected chi connectivity index (χ1v) is 6.17. The monoisotopic (exact) mass is 261 g/mol. The molecular formula is C13H15N3O3. The molecule has 0 radical (unpaired) electrons. The zero-order valence-electron chi connectivity index (χ0n) is 10.5. The van der Waals surface area contributed by atoms with E-state index >= 15 is 0 Å². The van der Waals surface area contributed by atoms with Crippen LogP contribution in [0.4, 0.5) is 0 Å². The maximum atomic E-state index is 10.4. The number of aliphatic carboxylic acids is 1. The number of carboxylic acid groups (broad SMARTS) is 1. The van der Waals surface area contributed by atoms with Crippen LogP contribution in [0.1, 0.15) is 36.7 Å². The normalized spacial score (nSPS) is 10.5. The third-order valence-electron chi connectivity index (χ3n) is 2.61. The van der Waals surface area contributed by atoms with Crippen molar-refractivity contribution in [3.8, 4) is 0 Å². The Hall–Kier alpha value is -2.24. The van der Waals surface area contributed by atoms with Gasteiger partial charge in [-0.25, -0.2) is 0 Å². The highest BCUT2D eigenvalue weighted by Gasteiger charge is 2.07. The molecule has 0 aliphatic heterocycles. The lowest BCUT2D eigenvalue weighted by atomic mass is 10.2. The molecule has 0 aliphatic rings. The molecule has 0 unspecified atom stereocenters. The van der Waals surface area contributed by atoms with Gasteiger partial charge in [0.05, 0.1) is 6.42 Å². The number of pyridine rings is 1. The van der Waals surface area contributed by atoms with Crippen LogP contribution < -0.4 is 0 Å². The fourth-order valence-electron chi connectivity index (χ4n) is 1.68. The third kappa shape index (κ3) is 4.50. The lowest BCUT2D eigenvalue weighted by Crippen LogP contribution is -1.96. The van der Waals surface area contributed by atoms with Crippen LogP contribution in [0.3, 0.4) is 0 Å². The minimum atomic E-state index is -0.777. The van der Waals surface area contributed by atoms with E-state index in [0.29, 0.717) is 31.0 Å². The zero-order chi connectivity index (χ0) is 13.5. The van der Waals surface area contributed by atoms with Crippen LogP contribution in [0.25, 0.3) is 0 Å². The van der Waals surface area contributed by atoms with Crippen molar-refractivity contribution < 1.29 is 14.4 Å². The van der Waals surface area contributed by atoms with Crippen molar-refractivity contribution in [3.63, 3.8) is 0 Å². The summed E-state index contributed by atoms with van der Waals surface area (Å²) in [6.07, 6.45) is 4.41. The quantitative estimate of drug-likeness (QED) is 0.765. The number of aryl methyl sites for hydroxylation is 1. The van der Waals surface area contributed by atoms with Crippen LogP contribution in [0.15, 0.2) is 28.9 Å². The third-order valence-corrected chi connectivity index (χ3v) is 2.61. The lowest BCUT2D eigenvalue weighted by Gasteiger charge is -1.94. The molecular weight excluding hydrogens is 246 g/mol. The molecule has 100 valence electrons. The van der Waals surface area contributed by atoms with E-state index in [4.69, 9.17) is 9.63 Å². The van der Waals surface area contributed by atoms with Gasteiger partial charge in [-0.15, -0.1) is 0 Å². The van der Waals surface area contributed by atoms with Crippen LogP contribution in [-0.2, 0) is 17.6 Å². The lowest BCUT2D eigenvalue weighted by molar-refractivity contribution is -0.137. The fourth-order valence-corrected chi connectivity index (χ4v) is 1.68. The molecule has 2 rings (SSSR count). The number of aromatic nitrogens is 3. The summed E-state index contributed by atoms with van der Waals surface area (Å²) in [5, 5.41) is 12.4. The van der Waals surface area contributed by atoms with Gasteiger partial charge in [0, 0.05) is 24.7 Å². The molecule has 6 nitrogen and oxygen atoms in total. The first kappa shape index (κ1) is 13.2. The molecule has 0 aromatic carbocycles. The predicted molar refractivity (Wildman–Crippen MR) is 66.5 cm³/mol. The smallest absolute Gasteiger partial charge is 0.303 e. The SMILES string of the molecule is O=C(O)CCCCc1nc(Cc2ccccn2)no1.